The van der Waals surface area contributed by atoms with Crippen molar-refractivity contribution in [3.05, 3.63) is 56.3 Å². The normalized spacial score (nSPS) is 14.4. The van der Waals surface area contributed by atoms with Crippen LogP contribution in [0.25, 0.3) is 0 Å². The molecule has 202 valence electrons. The van der Waals surface area contributed by atoms with Gasteiger partial charge in [0, 0.05) is 19.6 Å². The van der Waals surface area contributed by atoms with Crippen LogP contribution < -0.4 is 31.3 Å². The Labute approximate surface area is 217 Å². The molecule has 3 amide bonds. The summed E-state index contributed by atoms with van der Waals surface area (Å²) in [5, 5.41) is 4.24. The summed E-state index contributed by atoms with van der Waals surface area (Å²) in [5.74, 6) is -0.363. The monoisotopic (exact) mass is 514 g/mol. The minimum absolute atomic E-state index is 0.0235. The highest BCUT2D eigenvalue weighted by atomic mass is 16.5. The molecule has 2 aromatic carbocycles. The fourth-order valence-corrected chi connectivity index (χ4v) is 4.09. The number of morpholine rings is 1. The minimum atomic E-state index is -0.828. The van der Waals surface area contributed by atoms with Crippen LogP contribution in [0, 0.1) is 5.92 Å². The number of unbranched alkanes of at least 4 members (excludes halogenated alkanes) is 1. The van der Waals surface area contributed by atoms with Gasteiger partial charge in [0.1, 0.15) is 6.04 Å². The predicted molar refractivity (Wildman–Crippen MR) is 142 cm³/mol. The molecule has 0 aromatic heterocycles. The van der Waals surface area contributed by atoms with Crippen LogP contribution in [0.5, 0.6) is 5.75 Å². The van der Waals surface area contributed by atoms with Crippen LogP contribution >= 0.6 is 0 Å². The van der Waals surface area contributed by atoms with E-state index in [1.807, 2.05) is 51.1 Å². The summed E-state index contributed by atoms with van der Waals surface area (Å²) in [6.07, 6.45) is 2.53. The van der Waals surface area contributed by atoms with Crippen LogP contribution in [0.4, 0.5) is 10.5 Å². The van der Waals surface area contributed by atoms with Crippen LogP contribution in [0.15, 0.2) is 39.9 Å². The number of hydrazine groups is 1. The lowest BCUT2D eigenvalue weighted by Crippen LogP contribution is -2.58. The lowest BCUT2D eigenvalue weighted by Gasteiger charge is -2.32. The lowest BCUT2D eigenvalue weighted by molar-refractivity contribution is -0.123. The standard InChI is InChI=1S/C27H38N4O6/c1-4-5-15-37-25-22(23(32)24(25)33)31(12-11-20-9-7-6-8-10-20)29-26(34)21(18-19(2)3)28-27(35)30-13-16-36-17-14-30/h6-10,19,21H,4-5,11-18H2,1-3H3,(H,28,35)(H,29,34)/t21-/m0/s1. The van der Waals surface area contributed by atoms with E-state index in [4.69, 9.17) is 9.47 Å². The summed E-state index contributed by atoms with van der Waals surface area (Å²) in [4.78, 5) is 52.8. The average Bonchev–Trinajstić information content (AvgIpc) is 2.91. The third-order valence-corrected chi connectivity index (χ3v) is 6.19. The summed E-state index contributed by atoms with van der Waals surface area (Å²) in [5.41, 5.74) is 2.47. The predicted octanol–water partition coefficient (Wildman–Crippen LogP) is 2.00. The third kappa shape index (κ3) is 7.79. The summed E-state index contributed by atoms with van der Waals surface area (Å²) in [7, 11) is 0. The van der Waals surface area contributed by atoms with Crippen molar-refractivity contribution in [1.29, 1.82) is 0 Å². The fraction of sp³-hybridized carbons (Fsp3) is 0.556. The Morgan fingerprint density at radius 3 is 2.46 bits per heavy atom. The SMILES string of the molecule is CCCCOc1c(N(CCc2ccccc2)NC(=O)[C@H](CC(C)C)NC(=O)N2CCOCC2)c(=O)c1=O. The van der Waals surface area contributed by atoms with Crippen molar-refractivity contribution in [1.82, 2.24) is 15.6 Å². The van der Waals surface area contributed by atoms with E-state index in [1.54, 1.807) is 4.90 Å². The first-order valence-electron chi connectivity index (χ1n) is 13.0. The number of amides is 3. The molecule has 3 rings (SSSR count). The number of urea groups is 1. The number of carbonyl (C=O) groups is 2. The van der Waals surface area contributed by atoms with E-state index in [1.165, 1.54) is 5.01 Å². The lowest BCUT2D eigenvalue weighted by atomic mass is 10.0. The van der Waals surface area contributed by atoms with Gasteiger partial charge in [0.05, 0.1) is 19.8 Å². The van der Waals surface area contributed by atoms with Gasteiger partial charge in [0.25, 0.3) is 16.8 Å². The number of benzene rings is 1. The highest BCUT2D eigenvalue weighted by Gasteiger charge is 2.32. The first-order chi connectivity index (χ1) is 17.8. The number of ether oxygens (including phenoxy) is 2. The van der Waals surface area contributed by atoms with Gasteiger partial charge in [0.15, 0.2) is 11.4 Å². The van der Waals surface area contributed by atoms with Gasteiger partial charge in [-0.15, -0.1) is 0 Å². The van der Waals surface area contributed by atoms with Gasteiger partial charge in [-0.1, -0.05) is 57.5 Å². The maximum absolute atomic E-state index is 13.4. The fourth-order valence-electron chi connectivity index (χ4n) is 4.09. The quantitative estimate of drug-likeness (QED) is 0.239. The van der Waals surface area contributed by atoms with Crippen LogP contribution in [0.2, 0.25) is 0 Å². The van der Waals surface area contributed by atoms with Gasteiger partial charge in [-0.05, 0) is 30.7 Å². The first-order valence-corrected chi connectivity index (χ1v) is 13.0. The van der Waals surface area contributed by atoms with E-state index in [0.717, 1.165) is 18.4 Å². The molecule has 37 heavy (non-hydrogen) atoms. The number of nitrogens with one attached hydrogen (secondary N) is 2. The van der Waals surface area contributed by atoms with Crippen molar-refractivity contribution in [3.63, 3.8) is 0 Å². The van der Waals surface area contributed by atoms with Gasteiger partial charge >= 0.3 is 6.03 Å². The molecule has 1 aliphatic heterocycles. The molecule has 0 spiro atoms. The highest BCUT2D eigenvalue weighted by molar-refractivity contribution is 5.88. The van der Waals surface area contributed by atoms with E-state index in [9.17, 15) is 19.2 Å². The highest BCUT2D eigenvalue weighted by Crippen LogP contribution is 2.22. The number of anilines is 1. The molecule has 0 radical (unpaired) electrons. The number of rotatable bonds is 13. The number of hydrogen-bond donors (Lipinski definition) is 2. The maximum Gasteiger partial charge on any atom is 0.318 e. The maximum atomic E-state index is 13.4. The van der Waals surface area contributed by atoms with E-state index in [-0.39, 0.29) is 29.9 Å². The Hall–Kier alpha value is -3.40. The molecule has 0 aliphatic carbocycles. The van der Waals surface area contributed by atoms with E-state index < -0.39 is 22.8 Å². The molecule has 10 nitrogen and oxygen atoms in total. The Balaban J connectivity index is 1.80. The molecule has 1 heterocycles. The summed E-state index contributed by atoms with van der Waals surface area (Å²) in [6, 6.07) is 8.47. The zero-order valence-corrected chi connectivity index (χ0v) is 22.0. The number of nitrogens with zero attached hydrogens (tertiary/aromatic N) is 2. The zero-order valence-electron chi connectivity index (χ0n) is 22.0. The van der Waals surface area contributed by atoms with Crippen molar-refractivity contribution in [2.75, 3.05) is 44.5 Å². The van der Waals surface area contributed by atoms with Crippen LogP contribution in [-0.4, -0.2) is 62.3 Å². The van der Waals surface area contributed by atoms with Crippen LogP contribution in [-0.2, 0) is 16.0 Å². The number of hydrogen-bond acceptors (Lipinski definition) is 7. The van der Waals surface area contributed by atoms with Crippen molar-refractivity contribution < 1.29 is 19.1 Å². The summed E-state index contributed by atoms with van der Waals surface area (Å²) in [6.45, 7) is 8.28. The second kappa shape index (κ2) is 13.8. The van der Waals surface area contributed by atoms with Gasteiger partial charge in [0.2, 0.25) is 0 Å². The Bertz CT molecular complexity index is 1090. The van der Waals surface area contributed by atoms with Crippen molar-refractivity contribution >= 4 is 17.6 Å². The minimum Gasteiger partial charge on any atom is -0.487 e. The molecule has 1 aliphatic rings. The Kier molecular flexibility index (Phi) is 10.5. The van der Waals surface area contributed by atoms with Crippen LogP contribution in [0.1, 0.15) is 45.6 Å². The van der Waals surface area contributed by atoms with Crippen molar-refractivity contribution in [2.24, 2.45) is 5.92 Å². The molecular weight excluding hydrogens is 476 g/mol. The third-order valence-electron chi connectivity index (χ3n) is 6.19. The van der Waals surface area contributed by atoms with Gasteiger partial charge in [-0.2, -0.15) is 0 Å². The molecule has 0 bridgehead atoms. The first kappa shape index (κ1) is 28.2. The van der Waals surface area contributed by atoms with E-state index in [2.05, 4.69) is 10.7 Å². The molecule has 1 fully saturated rings. The molecule has 0 saturated carbocycles. The molecule has 10 heteroatoms. The molecule has 0 unspecified atom stereocenters. The second-order valence-electron chi connectivity index (χ2n) is 9.63. The zero-order chi connectivity index (χ0) is 26.8. The molecule has 2 aromatic rings. The van der Waals surface area contributed by atoms with Gasteiger partial charge in [-0.25, -0.2) is 4.79 Å². The van der Waals surface area contributed by atoms with E-state index in [0.29, 0.717) is 45.8 Å². The molecular formula is C27H38N4O6. The van der Waals surface area contributed by atoms with E-state index >= 15 is 0 Å². The summed E-state index contributed by atoms with van der Waals surface area (Å²) >= 11 is 0. The van der Waals surface area contributed by atoms with Gasteiger partial charge < -0.3 is 19.7 Å². The van der Waals surface area contributed by atoms with Crippen molar-refractivity contribution in [3.8, 4) is 5.75 Å². The average molecular weight is 515 g/mol. The van der Waals surface area contributed by atoms with Gasteiger partial charge in [-0.3, -0.25) is 24.8 Å². The smallest absolute Gasteiger partial charge is 0.318 e. The second-order valence-corrected chi connectivity index (χ2v) is 9.63. The molecule has 1 atom stereocenters. The summed E-state index contributed by atoms with van der Waals surface area (Å²) < 4.78 is 10.9. The van der Waals surface area contributed by atoms with Crippen LogP contribution in [0.3, 0.4) is 0 Å². The number of carbonyl (C=O) groups excluding carboxylic acids is 2. The molecule has 2 N–H and O–H groups in total. The Morgan fingerprint density at radius 1 is 1.11 bits per heavy atom. The largest absolute Gasteiger partial charge is 0.487 e. The topological polar surface area (TPSA) is 117 Å². The van der Waals surface area contributed by atoms with Crippen molar-refractivity contribution in [2.45, 2.75) is 52.5 Å². The molecule has 1 saturated heterocycles. The Morgan fingerprint density at radius 2 is 1.81 bits per heavy atom.